The standard InChI is InChI=1S/C13H16N4O3/c1-9-5-12(16(2)15-9)8-20-13-4-3-11(17(18)19)6-10(13)7-14/h3-6H,7-8,14H2,1-2H3. The van der Waals surface area contributed by atoms with E-state index in [0.717, 1.165) is 11.4 Å². The maximum atomic E-state index is 10.7. The molecule has 106 valence electrons. The van der Waals surface area contributed by atoms with Crippen LogP contribution in [-0.4, -0.2) is 14.7 Å². The Kier molecular flexibility index (Phi) is 3.99. The number of aromatic nitrogens is 2. The van der Waals surface area contributed by atoms with Gasteiger partial charge < -0.3 is 10.5 Å². The average molecular weight is 276 g/mol. The van der Waals surface area contributed by atoms with Crippen molar-refractivity contribution >= 4 is 5.69 Å². The molecule has 0 saturated carbocycles. The first kappa shape index (κ1) is 14.0. The second kappa shape index (κ2) is 5.70. The van der Waals surface area contributed by atoms with E-state index in [0.29, 0.717) is 17.9 Å². The lowest BCUT2D eigenvalue weighted by atomic mass is 10.2. The summed E-state index contributed by atoms with van der Waals surface area (Å²) < 4.78 is 7.42. The topological polar surface area (TPSA) is 96.2 Å². The zero-order valence-corrected chi connectivity index (χ0v) is 11.4. The molecule has 2 rings (SSSR count). The van der Waals surface area contributed by atoms with Gasteiger partial charge in [-0.2, -0.15) is 5.10 Å². The van der Waals surface area contributed by atoms with Crippen LogP contribution in [0, 0.1) is 17.0 Å². The van der Waals surface area contributed by atoms with E-state index in [-0.39, 0.29) is 12.2 Å². The number of nitro benzene ring substituents is 1. The highest BCUT2D eigenvalue weighted by atomic mass is 16.6. The van der Waals surface area contributed by atoms with Crippen molar-refractivity contribution in [2.75, 3.05) is 0 Å². The number of aryl methyl sites for hydroxylation is 2. The van der Waals surface area contributed by atoms with Crippen LogP contribution in [0.15, 0.2) is 24.3 Å². The van der Waals surface area contributed by atoms with E-state index >= 15 is 0 Å². The molecule has 7 heteroatoms. The van der Waals surface area contributed by atoms with E-state index in [1.54, 1.807) is 10.7 Å². The third-order valence-electron chi connectivity index (χ3n) is 2.95. The minimum absolute atomic E-state index is 0.00850. The molecular weight excluding hydrogens is 260 g/mol. The fraction of sp³-hybridized carbons (Fsp3) is 0.308. The number of nitrogens with zero attached hydrogens (tertiary/aromatic N) is 3. The molecule has 0 spiro atoms. The van der Waals surface area contributed by atoms with E-state index in [9.17, 15) is 10.1 Å². The molecule has 0 bridgehead atoms. The molecule has 0 aliphatic rings. The fourth-order valence-corrected chi connectivity index (χ4v) is 1.93. The van der Waals surface area contributed by atoms with Crippen molar-refractivity contribution in [3.63, 3.8) is 0 Å². The van der Waals surface area contributed by atoms with Crippen LogP contribution in [0.3, 0.4) is 0 Å². The summed E-state index contributed by atoms with van der Waals surface area (Å²) in [5.41, 5.74) is 8.05. The van der Waals surface area contributed by atoms with Crippen LogP contribution >= 0.6 is 0 Å². The fourth-order valence-electron chi connectivity index (χ4n) is 1.93. The van der Waals surface area contributed by atoms with Gasteiger partial charge in [-0.3, -0.25) is 14.8 Å². The third-order valence-corrected chi connectivity index (χ3v) is 2.95. The molecule has 0 saturated heterocycles. The first-order valence-corrected chi connectivity index (χ1v) is 6.11. The number of hydrogen-bond donors (Lipinski definition) is 1. The molecule has 1 aromatic carbocycles. The van der Waals surface area contributed by atoms with Gasteiger partial charge in [-0.25, -0.2) is 0 Å². The van der Waals surface area contributed by atoms with Crippen LogP contribution in [0.5, 0.6) is 5.75 Å². The summed E-state index contributed by atoms with van der Waals surface area (Å²) in [5.74, 6) is 0.553. The average Bonchev–Trinajstić information content (AvgIpc) is 2.74. The first-order valence-electron chi connectivity index (χ1n) is 6.11. The van der Waals surface area contributed by atoms with Crippen LogP contribution < -0.4 is 10.5 Å². The van der Waals surface area contributed by atoms with E-state index < -0.39 is 4.92 Å². The van der Waals surface area contributed by atoms with Gasteiger partial charge in [-0.1, -0.05) is 0 Å². The molecule has 0 unspecified atom stereocenters. The van der Waals surface area contributed by atoms with E-state index in [4.69, 9.17) is 10.5 Å². The van der Waals surface area contributed by atoms with Crippen molar-refractivity contribution in [1.29, 1.82) is 0 Å². The highest BCUT2D eigenvalue weighted by Crippen LogP contribution is 2.24. The summed E-state index contributed by atoms with van der Waals surface area (Å²) in [7, 11) is 1.84. The maximum absolute atomic E-state index is 10.7. The number of nitro groups is 1. The predicted octanol–water partition coefficient (Wildman–Crippen LogP) is 1.67. The largest absolute Gasteiger partial charge is 0.487 e. The normalized spacial score (nSPS) is 10.6. The molecule has 2 aromatic rings. The van der Waals surface area contributed by atoms with E-state index in [1.807, 2.05) is 20.0 Å². The second-order valence-electron chi connectivity index (χ2n) is 4.44. The molecule has 1 aromatic heterocycles. The number of ether oxygens (including phenoxy) is 1. The Bertz CT molecular complexity index is 637. The van der Waals surface area contributed by atoms with Crippen LogP contribution in [0.1, 0.15) is 17.0 Å². The molecule has 2 N–H and O–H groups in total. The van der Waals surface area contributed by atoms with Crippen LogP contribution in [-0.2, 0) is 20.2 Å². The molecular formula is C13H16N4O3. The Labute approximate surface area is 116 Å². The lowest BCUT2D eigenvalue weighted by Crippen LogP contribution is -2.06. The van der Waals surface area contributed by atoms with Crippen molar-refractivity contribution in [3.05, 3.63) is 51.3 Å². The number of hydrogen-bond acceptors (Lipinski definition) is 5. The Morgan fingerprint density at radius 1 is 1.45 bits per heavy atom. The summed E-state index contributed by atoms with van der Waals surface area (Å²) in [6, 6.07) is 6.34. The molecule has 0 atom stereocenters. The first-order chi connectivity index (χ1) is 9.51. The number of benzene rings is 1. The summed E-state index contributed by atoms with van der Waals surface area (Å²) in [6.45, 7) is 2.42. The van der Waals surface area contributed by atoms with Gasteiger partial charge in [-0.05, 0) is 19.1 Å². The Balaban J connectivity index is 2.17. The number of nitrogens with two attached hydrogens (primary N) is 1. The predicted molar refractivity (Wildman–Crippen MR) is 73.3 cm³/mol. The van der Waals surface area contributed by atoms with Crippen LogP contribution in [0.25, 0.3) is 0 Å². The van der Waals surface area contributed by atoms with Crippen molar-refractivity contribution in [2.24, 2.45) is 12.8 Å². The minimum Gasteiger partial charge on any atom is -0.487 e. The molecule has 0 aliphatic heterocycles. The van der Waals surface area contributed by atoms with E-state index in [1.165, 1.54) is 12.1 Å². The Morgan fingerprint density at radius 3 is 2.75 bits per heavy atom. The molecule has 0 aliphatic carbocycles. The minimum atomic E-state index is -0.451. The highest BCUT2D eigenvalue weighted by molar-refractivity contribution is 5.43. The summed E-state index contributed by atoms with van der Waals surface area (Å²) >= 11 is 0. The van der Waals surface area contributed by atoms with Gasteiger partial charge in [0.05, 0.1) is 16.3 Å². The number of rotatable bonds is 5. The summed E-state index contributed by atoms with van der Waals surface area (Å²) in [4.78, 5) is 10.3. The SMILES string of the molecule is Cc1cc(COc2ccc([N+](=O)[O-])cc2CN)n(C)n1. The van der Waals surface area contributed by atoms with Gasteiger partial charge in [0.25, 0.3) is 5.69 Å². The van der Waals surface area contributed by atoms with Crippen molar-refractivity contribution < 1.29 is 9.66 Å². The summed E-state index contributed by atoms with van der Waals surface area (Å²) in [5, 5.41) is 14.9. The van der Waals surface area contributed by atoms with Crippen molar-refractivity contribution in [1.82, 2.24) is 9.78 Å². The zero-order valence-electron chi connectivity index (χ0n) is 11.4. The van der Waals surface area contributed by atoms with E-state index in [2.05, 4.69) is 5.10 Å². The highest BCUT2D eigenvalue weighted by Gasteiger charge is 2.11. The molecule has 0 fully saturated rings. The summed E-state index contributed by atoms with van der Waals surface area (Å²) in [6.07, 6.45) is 0. The smallest absolute Gasteiger partial charge is 0.270 e. The quantitative estimate of drug-likeness (QED) is 0.662. The molecule has 20 heavy (non-hydrogen) atoms. The second-order valence-corrected chi connectivity index (χ2v) is 4.44. The lowest BCUT2D eigenvalue weighted by molar-refractivity contribution is -0.384. The number of non-ortho nitro benzene ring substituents is 1. The van der Waals surface area contributed by atoms with Gasteiger partial charge in [0.1, 0.15) is 12.4 Å². The monoisotopic (exact) mass is 276 g/mol. The van der Waals surface area contributed by atoms with Gasteiger partial charge in [0, 0.05) is 31.3 Å². The molecule has 0 amide bonds. The van der Waals surface area contributed by atoms with Gasteiger partial charge >= 0.3 is 0 Å². The Hall–Kier alpha value is -2.41. The third kappa shape index (κ3) is 2.94. The van der Waals surface area contributed by atoms with Gasteiger partial charge in [-0.15, -0.1) is 0 Å². The van der Waals surface area contributed by atoms with Gasteiger partial charge in [0.15, 0.2) is 0 Å². The zero-order chi connectivity index (χ0) is 14.7. The molecule has 7 nitrogen and oxygen atoms in total. The van der Waals surface area contributed by atoms with Crippen molar-refractivity contribution in [2.45, 2.75) is 20.1 Å². The van der Waals surface area contributed by atoms with Crippen LogP contribution in [0.2, 0.25) is 0 Å². The lowest BCUT2D eigenvalue weighted by Gasteiger charge is -2.10. The molecule has 0 radical (unpaired) electrons. The Morgan fingerprint density at radius 2 is 2.20 bits per heavy atom. The molecule has 1 heterocycles. The maximum Gasteiger partial charge on any atom is 0.270 e. The van der Waals surface area contributed by atoms with Gasteiger partial charge in [0.2, 0.25) is 0 Å². The van der Waals surface area contributed by atoms with Crippen molar-refractivity contribution in [3.8, 4) is 5.75 Å². The van der Waals surface area contributed by atoms with Crippen LogP contribution in [0.4, 0.5) is 5.69 Å².